The lowest BCUT2D eigenvalue weighted by Crippen LogP contribution is -2.50. The summed E-state index contributed by atoms with van der Waals surface area (Å²) in [6.45, 7) is 0.972. The van der Waals surface area contributed by atoms with E-state index in [1.807, 2.05) is 12.2 Å². The van der Waals surface area contributed by atoms with E-state index < -0.39 is 30.4 Å². The number of nitrogens with zero attached hydrogens (tertiary/aromatic N) is 1. The zero-order valence-electron chi connectivity index (χ0n) is 9.26. The zero-order chi connectivity index (χ0) is 12.8. The van der Waals surface area contributed by atoms with E-state index in [0.717, 1.165) is 6.42 Å². The topological polar surface area (TPSA) is 113 Å². The Hall–Kier alpha value is -2.05. The van der Waals surface area contributed by atoms with Crippen LogP contribution in [0.5, 0.6) is 0 Å². The lowest BCUT2D eigenvalue weighted by atomic mass is 10.2. The molecule has 7 heteroatoms. The lowest BCUT2D eigenvalue weighted by molar-refractivity contribution is -0.140. The Morgan fingerprint density at radius 3 is 2.59 bits per heavy atom. The Labute approximate surface area is 98.3 Å². The average Bonchev–Trinajstić information content (AvgIpc) is 2.28. The molecule has 4 N–H and O–H groups in total. The summed E-state index contributed by atoms with van der Waals surface area (Å²) in [6, 6.07) is -1.77. The highest BCUT2D eigenvalue weighted by Gasteiger charge is 2.24. The molecule has 3 amide bonds. The first-order chi connectivity index (χ1) is 8.00. The van der Waals surface area contributed by atoms with Crippen molar-refractivity contribution in [3.05, 3.63) is 12.2 Å². The number of nitrogens with two attached hydrogens (primary N) is 1. The minimum atomic E-state index is -1.27. The number of nitrogens with one attached hydrogen (secondary N) is 1. The smallest absolute Gasteiger partial charge is 0.326 e. The van der Waals surface area contributed by atoms with Crippen molar-refractivity contribution >= 4 is 17.9 Å². The zero-order valence-corrected chi connectivity index (χ0v) is 9.26. The highest BCUT2D eigenvalue weighted by molar-refractivity contribution is 5.87. The molecule has 94 valence electrons. The molecule has 1 heterocycles. The minimum absolute atomic E-state index is 0.412. The summed E-state index contributed by atoms with van der Waals surface area (Å²) in [5.41, 5.74) is 4.91. The molecule has 0 fully saturated rings. The van der Waals surface area contributed by atoms with Crippen molar-refractivity contribution in [1.82, 2.24) is 10.2 Å². The van der Waals surface area contributed by atoms with Crippen LogP contribution < -0.4 is 11.1 Å². The van der Waals surface area contributed by atoms with E-state index in [1.165, 1.54) is 4.90 Å². The second kappa shape index (κ2) is 5.88. The predicted octanol–water partition coefficient (Wildman–Crippen LogP) is -0.713. The van der Waals surface area contributed by atoms with Gasteiger partial charge in [-0.15, -0.1) is 0 Å². The van der Waals surface area contributed by atoms with Crippen molar-refractivity contribution in [3.63, 3.8) is 0 Å². The number of carbonyl (C=O) groups excluding carboxylic acids is 2. The normalized spacial score (nSPS) is 16.4. The molecule has 0 saturated heterocycles. The fourth-order valence-corrected chi connectivity index (χ4v) is 1.47. The van der Waals surface area contributed by atoms with Crippen molar-refractivity contribution in [2.24, 2.45) is 5.73 Å². The molecule has 0 saturated carbocycles. The molecule has 1 atom stereocenters. The molecule has 0 aromatic carbocycles. The number of primary amides is 1. The van der Waals surface area contributed by atoms with Crippen LogP contribution in [0.3, 0.4) is 0 Å². The largest absolute Gasteiger partial charge is 0.480 e. The molecular formula is C10H15N3O4. The van der Waals surface area contributed by atoms with Crippen LogP contribution in [-0.2, 0) is 9.59 Å². The molecule has 0 bridgehead atoms. The van der Waals surface area contributed by atoms with Gasteiger partial charge in [0.25, 0.3) is 0 Å². The Morgan fingerprint density at radius 1 is 1.41 bits per heavy atom. The summed E-state index contributed by atoms with van der Waals surface area (Å²) in [5.74, 6) is -2.04. The third-order valence-corrected chi connectivity index (χ3v) is 2.35. The molecule has 0 spiro atoms. The van der Waals surface area contributed by atoms with E-state index in [1.54, 1.807) is 0 Å². The van der Waals surface area contributed by atoms with Gasteiger partial charge in [0.2, 0.25) is 5.91 Å². The molecule has 17 heavy (non-hydrogen) atoms. The summed E-state index contributed by atoms with van der Waals surface area (Å²) in [6.07, 6.45) is 4.10. The average molecular weight is 241 g/mol. The maximum Gasteiger partial charge on any atom is 0.326 e. The fourth-order valence-electron chi connectivity index (χ4n) is 1.47. The van der Waals surface area contributed by atoms with Crippen LogP contribution in [0.1, 0.15) is 12.8 Å². The number of rotatable bonds is 4. The molecule has 1 aliphatic heterocycles. The van der Waals surface area contributed by atoms with Gasteiger partial charge in [-0.05, 0) is 6.42 Å². The van der Waals surface area contributed by atoms with Crippen molar-refractivity contribution in [3.8, 4) is 0 Å². The molecule has 1 aliphatic rings. The summed E-state index contributed by atoms with van der Waals surface area (Å²) in [7, 11) is 0. The molecular weight excluding hydrogens is 226 g/mol. The number of aliphatic carboxylic acids is 1. The number of amides is 3. The van der Waals surface area contributed by atoms with Crippen LogP contribution in [0.4, 0.5) is 4.79 Å². The van der Waals surface area contributed by atoms with Crippen molar-refractivity contribution in [2.75, 3.05) is 13.1 Å². The second-order valence-electron chi connectivity index (χ2n) is 3.72. The van der Waals surface area contributed by atoms with E-state index in [2.05, 4.69) is 5.32 Å². The number of urea groups is 1. The summed E-state index contributed by atoms with van der Waals surface area (Å²) in [5, 5.41) is 11.1. The van der Waals surface area contributed by atoms with Crippen LogP contribution in [0.25, 0.3) is 0 Å². The molecule has 0 aliphatic carbocycles. The van der Waals surface area contributed by atoms with Crippen molar-refractivity contribution in [2.45, 2.75) is 18.9 Å². The van der Waals surface area contributed by atoms with E-state index in [-0.39, 0.29) is 0 Å². The lowest BCUT2D eigenvalue weighted by Gasteiger charge is -2.25. The standard InChI is InChI=1S/C10H15N3O4/c11-8(14)6-7(9(15)16)12-10(17)13-4-2-1-3-5-13/h1-2,7H,3-6H2,(H2,11,14)(H,12,17)(H,15,16)/t7-/m1/s1. The van der Waals surface area contributed by atoms with Gasteiger partial charge in [-0.2, -0.15) is 0 Å². The summed E-state index contributed by atoms with van der Waals surface area (Å²) in [4.78, 5) is 34.6. The number of carboxylic acids is 1. The molecule has 7 nitrogen and oxygen atoms in total. The maximum absolute atomic E-state index is 11.7. The molecule has 1 rings (SSSR count). The Morgan fingerprint density at radius 2 is 2.12 bits per heavy atom. The number of carboxylic acid groups (broad SMARTS) is 1. The van der Waals surface area contributed by atoms with Crippen molar-refractivity contribution in [1.29, 1.82) is 0 Å². The highest BCUT2D eigenvalue weighted by Crippen LogP contribution is 2.02. The Balaban J connectivity index is 2.54. The van der Waals surface area contributed by atoms with Crippen LogP contribution in [-0.4, -0.2) is 47.0 Å². The van der Waals surface area contributed by atoms with Gasteiger partial charge in [0.15, 0.2) is 0 Å². The predicted molar refractivity (Wildman–Crippen MR) is 59.1 cm³/mol. The van der Waals surface area contributed by atoms with Gasteiger partial charge in [-0.3, -0.25) is 4.79 Å². The SMILES string of the molecule is NC(=O)C[C@@H](NC(=O)N1CC=CCC1)C(=O)O. The number of carbonyl (C=O) groups is 3. The van der Waals surface area contributed by atoms with Crippen molar-refractivity contribution < 1.29 is 19.5 Å². The monoisotopic (exact) mass is 241 g/mol. The number of hydrogen-bond donors (Lipinski definition) is 3. The van der Waals surface area contributed by atoms with Gasteiger partial charge >= 0.3 is 12.0 Å². The Kier molecular flexibility index (Phi) is 4.50. The molecule has 0 radical (unpaired) electrons. The quantitative estimate of drug-likeness (QED) is 0.564. The second-order valence-corrected chi connectivity index (χ2v) is 3.72. The van der Waals surface area contributed by atoms with Crippen LogP contribution in [0, 0.1) is 0 Å². The van der Waals surface area contributed by atoms with Crippen LogP contribution in [0.15, 0.2) is 12.2 Å². The summed E-state index contributed by atoms with van der Waals surface area (Å²) >= 11 is 0. The van der Waals surface area contributed by atoms with Crippen LogP contribution in [0.2, 0.25) is 0 Å². The van der Waals surface area contributed by atoms with Gasteiger partial charge < -0.3 is 21.1 Å². The third kappa shape index (κ3) is 4.13. The Bertz CT molecular complexity index is 353. The van der Waals surface area contributed by atoms with E-state index >= 15 is 0 Å². The molecule has 0 aromatic heterocycles. The van der Waals surface area contributed by atoms with Gasteiger partial charge in [-0.1, -0.05) is 12.2 Å². The van der Waals surface area contributed by atoms with Gasteiger partial charge in [0, 0.05) is 13.1 Å². The van der Waals surface area contributed by atoms with Crippen LogP contribution >= 0.6 is 0 Å². The van der Waals surface area contributed by atoms with E-state index in [4.69, 9.17) is 10.8 Å². The molecule has 0 aromatic rings. The molecule has 0 unspecified atom stereocenters. The first kappa shape index (κ1) is 13.0. The first-order valence-electron chi connectivity index (χ1n) is 5.22. The highest BCUT2D eigenvalue weighted by atomic mass is 16.4. The first-order valence-corrected chi connectivity index (χ1v) is 5.22. The van der Waals surface area contributed by atoms with E-state index in [0.29, 0.717) is 13.1 Å². The fraction of sp³-hybridized carbons (Fsp3) is 0.500. The van der Waals surface area contributed by atoms with Gasteiger partial charge in [0.05, 0.1) is 6.42 Å². The summed E-state index contributed by atoms with van der Waals surface area (Å²) < 4.78 is 0. The van der Waals surface area contributed by atoms with Gasteiger partial charge in [-0.25, -0.2) is 9.59 Å². The minimum Gasteiger partial charge on any atom is -0.480 e. The van der Waals surface area contributed by atoms with E-state index in [9.17, 15) is 14.4 Å². The van der Waals surface area contributed by atoms with Gasteiger partial charge in [0.1, 0.15) is 6.04 Å². The number of hydrogen-bond acceptors (Lipinski definition) is 3. The maximum atomic E-state index is 11.7. The third-order valence-electron chi connectivity index (χ3n) is 2.35.